The van der Waals surface area contributed by atoms with Crippen LogP contribution in [0, 0.1) is 24.7 Å². The summed E-state index contributed by atoms with van der Waals surface area (Å²) in [5.74, 6) is 2.37. The lowest BCUT2D eigenvalue weighted by Crippen LogP contribution is -2.26. The predicted octanol–water partition coefficient (Wildman–Crippen LogP) is 3.14. The average molecular weight is 394 g/mol. The summed E-state index contributed by atoms with van der Waals surface area (Å²) < 4.78 is 17.0. The maximum absolute atomic E-state index is 11.9. The predicted molar refractivity (Wildman–Crippen MR) is 107 cm³/mol. The summed E-state index contributed by atoms with van der Waals surface area (Å²) in [6.45, 7) is 7.65. The van der Waals surface area contributed by atoms with Crippen molar-refractivity contribution in [3.05, 3.63) is 53.2 Å². The SMILES string of the molecule is CCOC(=O)C1[C@H]2CN(Cc3ccc([C@H]4COc5ccc(C)nc5O4)cc3)C[C@@H]12. The van der Waals surface area contributed by atoms with Crippen LogP contribution in [0.1, 0.15) is 29.8 Å². The number of ether oxygens (including phenoxy) is 3. The van der Waals surface area contributed by atoms with Crippen molar-refractivity contribution in [3.8, 4) is 11.6 Å². The highest BCUT2D eigenvalue weighted by Gasteiger charge is 2.60. The first-order chi connectivity index (χ1) is 14.1. The lowest BCUT2D eigenvalue weighted by Gasteiger charge is -2.26. The van der Waals surface area contributed by atoms with Crippen molar-refractivity contribution in [2.45, 2.75) is 26.5 Å². The Morgan fingerprint density at radius 3 is 2.66 bits per heavy atom. The summed E-state index contributed by atoms with van der Waals surface area (Å²) in [6.07, 6.45) is -0.143. The van der Waals surface area contributed by atoms with Crippen LogP contribution in [0.4, 0.5) is 0 Å². The van der Waals surface area contributed by atoms with Crippen molar-refractivity contribution in [3.63, 3.8) is 0 Å². The van der Waals surface area contributed by atoms with Gasteiger partial charge in [-0.3, -0.25) is 9.69 Å². The standard InChI is InChI=1S/C23H26N2O4/c1-3-27-23(26)21-17-11-25(12-18(17)21)10-15-5-7-16(8-6-15)20-13-28-19-9-4-14(2)24-22(19)29-20/h4-9,17-18,20-21H,3,10-13H2,1-2H3/t17-,18+,20-,21?/m1/s1. The molecule has 0 spiro atoms. The monoisotopic (exact) mass is 394 g/mol. The van der Waals surface area contributed by atoms with Crippen molar-refractivity contribution >= 4 is 5.97 Å². The summed E-state index contributed by atoms with van der Waals surface area (Å²) in [7, 11) is 0. The molecule has 6 nitrogen and oxygen atoms in total. The number of aromatic nitrogens is 1. The van der Waals surface area contributed by atoms with Gasteiger partial charge in [0.05, 0.1) is 12.5 Å². The third-order valence-corrected chi connectivity index (χ3v) is 6.19. The van der Waals surface area contributed by atoms with Gasteiger partial charge in [-0.15, -0.1) is 0 Å². The van der Waals surface area contributed by atoms with Gasteiger partial charge in [0.1, 0.15) is 6.61 Å². The number of hydrogen-bond acceptors (Lipinski definition) is 6. The Hall–Kier alpha value is -2.60. The molecule has 1 aromatic carbocycles. The minimum atomic E-state index is -0.143. The number of nitrogens with zero attached hydrogens (tertiary/aromatic N) is 2. The quantitative estimate of drug-likeness (QED) is 0.726. The molecule has 29 heavy (non-hydrogen) atoms. The minimum Gasteiger partial charge on any atom is -0.484 e. The van der Waals surface area contributed by atoms with Gasteiger partial charge in [-0.2, -0.15) is 0 Å². The highest BCUT2D eigenvalue weighted by molar-refractivity contribution is 5.77. The van der Waals surface area contributed by atoms with Gasteiger partial charge in [0.25, 0.3) is 5.88 Å². The zero-order valence-electron chi connectivity index (χ0n) is 16.8. The second kappa shape index (κ2) is 7.34. The van der Waals surface area contributed by atoms with E-state index in [9.17, 15) is 4.79 Å². The molecular weight excluding hydrogens is 368 g/mol. The van der Waals surface area contributed by atoms with E-state index in [4.69, 9.17) is 14.2 Å². The fourth-order valence-corrected chi connectivity index (χ4v) is 4.64. The van der Waals surface area contributed by atoms with E-state index in [2.05, 4.69) is 34.1 Å². The highest BCUT2D eigenvalue weighted by atomic mass is 16.6. The number of benzene rings is 1. The number of fused-ring (bicyclic) bond motifs is 2. The van der Waals surface area contributed by atoms with Crippen LogP contribution in [0.15, 0.2) is 36.4 Å². The molecule has 1 saturated heterocycles. The molecule has 1 aliphatic carbocycles. The molecule has 0 amide bonds. The number of aryl methyl sites for hydroxylation is 1. The molecule has 6 heteroatoms. The van der Waals surface area contributed by atoms with Gasteiger partial charge in [0.2, 0.25) is 0 Å². The molecular formula is C23H26N2O4. The zero-order valence-corrected chi connectivity index (χ0v) is 16.8. The Labute approximate surface area is 170 Å². The third-order valence-electron chi connectivity index (χ3n) is 6.19. The van der Waals surface area contributed by atoms with Crippen LogP contribution in [-0.2, 0) is 16.1 Å². The van der Waals surface area contributed by atoms with E-state index < -0.39 is 0 Å². The van der Waals surface area contributed by atoms with Gasteiger partial charge in [0, 0.05) is 25.3 Å². The van der Waals surface area contributed by atoms with Gasteiger partial charge in [-0.1, -0.05) is 24.3 Å². The van der Waals surface area contributed by atoms with Crippen molar-refractivity contribution in [1.82, 2.24) is 9.88 Å². The third kappa shape index (κ3) is 3.57. The van der Waals surface area contributed by atoms with Crippen molar-refractivity contribution in [1.29, 1.82) is 0 Å². The molecule has 2 aliphatic heterocycles. The maximum atomic E-state index is 11.9. The second-order valence-corrected chi connectivity index (χ2v) is 8.21. The van der Waals surface area contributed by atoms with E-state index in [1.807, 2.05) is 26.0 Å². The van der Waals surface area contributed by atoms with Crippen molar-refractivity contribution < 1.29 is 19.0 Å². The van der Waals surface area contributed by atoms with E-state index in [0.717, 1.165) is 30.9 Å². The molecule has 1 saturated carbocycles. The van der Waals surface area contributed by atoms with E-state index in [-0.39, 0.29) is 18.0 Å². The summed E-state index contributed by atoms with van der Waals surface area (Å²) in [5, 5.41) is 0. The number of likely N-dealkylation sites (tertiary alicyclic amines) is 1. The number of hydrogen-bond donors (Lipinski definition) is 0. The summed E-state index contributed by atoms with van der Waals surface area (Å²) >= 11 is 0. The number of carbonyl (C=O) groups excluding carboxylic acids is 1. The summed E-state index contributed by atoms with van der Waals surface area (Å²) in [5.41, 5.74) is 3.28. The van der Waals surface area contributed by atoms with Crippen molar-refractivity contribution in [2.75, 3.05) is 26.3 Å². The first kappa shape index (κ1) is 18.4. The highest BCUT2D eigenvalue weighted by Crippen LogP contribution is 2.52. The van der Waals surface area contributed by atoms with Crippen molar-refractivity contribution in [2.24, 2.45) is 17.8 Å². The molecule has 4 atom stereocenters. The number of esters is 1. The molecule has 5 rings (SSSR count). The Morgan fingerprint density at radius 2 is 1.93 bits per heavy atom. The van der Waals surface area contributed by atoms with E-state index >= 15 is 0 Å². The largest absolute Gasteiger partial charge is 0.484 e. The number of piperidine rings is 1. The molecule has 2 fully saturated rings. The van der Waals surface area contributed by atoms with Gasteiger partial charge in [-0.25, -0.2) is 4.98 Å². The molecule has 152 valence electrons. The van der Waals surface area contributed by atoms with Crippen LogP contribution in [0.25, 0.3) is 0 Å². The van der Waals surface area contributed by atoms with Crippen LogP contribution in [-0.4, -0.2) is 42.2 Å². The number of rotatable bonds is 5. The topological polar surface area (TPSA) is 60.9 Å². The Balaban J connectivity index is 1.17. The molecule has 0 radical (unpaired) electrons. The fraction of sp³-hybridized carbons (Fsp3) is 0.478. The zero-order chi connectivity index (χ0) is 20.0. The Bertz CT molecular complexity index is 902. The average Bonchev–Trinajstić information content (AvgIpc) is 3.24. The molecule has 1 unspecified atom stereocenters. The molecule has 1 aromatic heterocycles. The van der Waals surface area contributed by atoms with Gasteiger partial charge in [-0.05, 0) is 48.9 Å². The minimum absolute atomic E-state index is 0.00698. The number of pyridine rings is 1. The Kier molecular flexibility index (Phi) is 4.66. The van der Waals surface area contributed by atoms with Gasteiger partial charge in [0.15, 0.2) is 11.9 Å². The second-order valence-electron chi connectivity index (χ2n) is 8.21. The molecule has 2 aromatic rings. The lowest BCUT2D eigenvalue weighted by molar-refractivity contribution is -0.145. The number of carbonyl (C=O) groups is 1. The fourth-order valence-electron chi connectivity index (χ4n) is 4.64. The van der Waals surface area contributed by atoms with E-state index in [1.165, 1.54) is 5.56 Å². The van der Waals surface area contributed by atoms with Gasteiger partial charge >= 0.3 is 5.97 Å². The summed E-state index contributed by atoms with van der Waals surface area (Å²) in [4.78, 5) is 18.8. The summed E-state index contributed by atoms with van der Waals surface area (Å²) in [6, 6.07) is 12.4. The van der Waals surface area contributed by atoms with E-state index in [0.29, 0.717) is 36.7 Å². The normalized spacial score (nSPS) is 27.4. The maximum Gasteiger partial charge on any atom is 0.309 e. The first-order valence-electron chi connectivity index (χ1n) is 10.4. The van der Waals surface area contributed by atoms with E-state index in [1.54, 1.807) is 0 Å². The van der Waals surface area contributed by atoms with Crippen LogP contribution in [0.2, 0.25) is 0 Å². The molecule has 0 N–H and O–H groups in total. The molecule has 0 bridgehead atoms. The van der Waals surface area contributed by atoms with Crippen LogP contribution in [0.3, 0.4) is 0 Å². The van der Waals surface area contributed by atoms with Gasteiger partial charge < -0.3 is 14.2 Å². The lowest BCUT2D eigenvalue weighted by atomic mass is 10.1. The smallest absolute Gasteiger partial charge is 0.309 e. The first-order valence-corrected chi connectivity index (χ1v) is 10.4. The molecule has 3 heterocycles. The molecule has 3 aliphatic rings. The Morgan fingerprint density at radius 1 is 1.17 bits per heavy atom. The van der Waals surface area contributed by atoms with Crippen LogP contribution >= 0.6 is 0 Å². The van der Waals surface area contributed by atoms with Crippen LogP contribution < -0.4 is 9.47 Å². The van der Waals surface area contributed by atoms with Crippen LogP contribution in [0.5, 0.6) is 11.6 Å².